The number of hydrogen-bond acceptors (Lipinski definition) is 3. The molecule has 1 saturated heterocycles. The lowest BCUT2D eigenvalue weighted by atomic mass is 10.1. The predicted molar refractivity (Wildman–Crippen MR) is 55.0 cm³/mol. The van der Waals surface area contributed by atoms with Gasteiger partial charge in [-0.2, -0.15) is 0 Å². The van der Waals surface area contributed by atoms with E-state index in [9.17, 15) is 0 Å². The summed E-state index contributed by atoms with van der Waals surface area (Å²) < 4.78 is 5.27. The van der Waals surface area contributed by atoms with Crippen LogP contribution in [0.1, 0.15) is 26.2 Å². The summed E-state index contributed by atoms with van der Waals surface area (Å²) in [7, 11) is 0. The van der Waals surface area contributed by atoms with E-state index in [1.807, 2.05) is 6.92 Å². The molecule has 13 heavy (non-hydrogen) atoms. The number of ether oxygens (including phenoxy) is 1. The van der Waals surface area contributed by atoms with E-state index in [0.29, 0.717) is 0 Å². The Hall–Kier alpha value is -0.120. The summed E-state index contributed by atoms with van der Waals surface area (Å²) in [5, 5.41) is 6.92. The van der Waals surface area contributed by atoms with Crippen LogP contribution in [0.15, 0.2) is 0 Å². The molecule has 0 aromatic heterocycles. The quantitative estimate of drug-likeness (QED) is 0.601. The van der Waals surface area contributed by atoms with Crippen molar-refractivity contribution in [2.24, 2.45) is 0 Å². The molecular weight excluding hydrogens is 164 g/mol. The van der Waals surface area contributed by atoms with Gasteiger partial charge in [0, 0.05) is 19.3 Å². The summed E-state index contributed by atoms with van der Waals surface area (Å²) in [6.07, 6.45) is 3.68. The van der Waals surface area contributed by atoms with E-state index in [1.54, 1.807) is 0 Å². The summed E-state index contributed by atoms with van der Waals surface area (Å²) in [6.45, 7) is 7.22. The highest BCUT2D eigenvalue weighted by atomic mass is 16.5. The fourth-order valence-electron chi connectivity index (χ4n) is 1.65. The second-order valence-electron chi connectivity index (χ2n) is 3.53. The molecule has 78 valence electrons. The van der Waals surface area contributed by atoms with E-state index in [0.717, 1.165) is 32.2 Å². The van der Waals surface area contributed by atoms with Crippen LogP contribution in [-0.4, -0.2) is 38.9 Å². The third-order valence-corrected chi connectivity index (χ3v) is 2.44. The van der Waals surface area contributed by atoms with Crippen molar-refractivity contribution >= 4 is 0 Å². The molecule has 1 fully saturated rings. The SMILES string of the molecule is CCOCCCNC1CCNCC1. The standard InChI is InChI=1S/C10H22N2O/c1-2-13-9-3-6-12-10-4-7-11-8-5-10/h10-12H,2-9H2,1H3. The topological polar surface area (TPSA) is 33.3 Å². The molecule has 1 rings (SSSR count). The highest BCUT2D eigenvalue weighted by molar-refractivity contribution is 4.73. The van der Waals surface area contributed by atoms with Crippen LogP contribution in [0.4, 0.5) is 0 Å². The van der Waals surface area contributed by atoms with Crippen LogP contribution in [0.25, 0.3) is 0 Å². The lowest BCUT2D eigenvalue weighted by Crippen LogP contribution is -2.40. The molecule has 0 aliphatic carbocycles. The molecule has 3 nitrogen and oxygen atoms in total. The maximum absolute atomic E-state index is 5.27. The molecule has 0 atom stereocenters. The molecule has 0 bridgehead atoms. The minimum absolute atomic E-state index is 0.739. The molecule has 1 heterocycles. The zero-order valence-electron chi connectivity index (χ0n) is 8.64. The molecule has 0 spiro atoms. The molecule has 1 aliphatic rings. The maximum Gasteiger partial charge on any atom is 0.0477 e. The van der Waals surface area contributed by atoms with Crippen molar-refractivity contribution in [3.8, 4) is 0 Å². The number of rotatable bonds is 6. The Morgan fingerprint density at radius 2 is 2.15 bits per heavy atom. The normalized spacial score (nSPS) is 19.2. The van der Waals surface area contributed by atoms with Gasteiger partial charge in [-0.1, -0.05) is 0 Å². The van der Waals surface area contributed by atoms with E-state index >= 15 is 0 Å². The first-order chi connectivity index (χ1) is 6.43. The lowest BCUT2D eigenvalue weighted by molar-refractivity contribution is 0.143. The summed E-state index contributed by atoms with van der Waals surface area (Å²) in [6, 6.07) is 0.739. The van der Waals surface area contributed by atoms with Gasteiger partial charge in [0.1, 0.15) is 0 Å². The second kappa shape index (κ2) is 7.30. The van der Waals surface area contributed by atoms with Crippen LogP contribution in [0.3, 0.4) is 0 Å². The van der Waals surface area contributed by atoms with Crippen molar-refractivity contribution in [1.82, 2.24) is 10.6 Å². The van der Waals surface area contributed by atoms with E-state index in [2.05, 4.69) is 10.6 Å². The van der Waals surface area contributed by atoms with Gasteiger partial charge in [0.25, 0.3) is 0 Å². The van der Waals surface area contributed by atoms with Crippen LogP contribution in [0.5, 0.6) is 0 Å². The van der Waals surface area contributed by atoms with Gasteiger partial charge in [-0.25, -0.2) is 0 Å². The van der Waals surface area contributed by atoms with Crippen LogP contribution < -0.4 is 10.6 Å². The van der Waals surface area contributed by atoms with Crippen molar-refractivity contribution in [3.05, 3.63) is 0 Å². The highest BCUT2D eigenvalue weighted by Crippen LogP contribution is 2.01. The van der Waals surface area contributed by atoms with Crippen molar-refractivity contribution in [2.45, 2.75) is 32.2 Å². The van der Waals surface area contributed by atoms with Gasteiger partial charge in [-0.05, 0) is 45.8 Å². The average Bonchev–Trinajstić information content (AvgIpc) is 2.19. The first-order valence-electron chi connectivity index (χ1n) is 5.45. The van der Waals surface area contributed by atoms with E-state index in [4.69, 9.17) is 4.74 Å². The summed E-state index contributed by atoms with van der Waals surface area (Å²) >= 11 is 0. The van der Waals surface area contributed by atoms with Crippen LogP contribution in [0, 0.1) is 0 Å². The maximum atomic E-state index is 5.27. The van der Waals surface area contributed by atoms with Crippen molar-refractivity contribution in [3.63, 3.8) is 0 Å². The Morgan fingerprint density at radius 1 is 1.38 bits per heavy atom. The Balaban J connectivity index is 1.86. The van der Waals surface area contributed by atoms with Gasteiger partial charge in [0.2, 0.25) is 0 Å². The minimum Gasteiger partial charge on any atom is -0.382 e. The Bertz CT molecular complexity index is 113. The lowest BCUT2D eigenvalue weighted by Gasteiger charge is -2.23. The fourth-order valence-corrected chi connectivity index (χ4v) is 1.65. The molecule has 2 N–H and O–H groups in total. The van der Waals surface area contributed by atoms with Crippen molar-refractivity contribution in [2.75, 3.05) is 32.8 Å². The molecule has 0 radical (unpaired) electrons. The summed E-state index contributed by atoms with van der Waals surface area (Å²) in [4.78, 5) is 0. The van der Waals surface area contributed by atoms with Gasteiger partial charge >= 0.3 is 0 Å². The molecular formula is C10H22N2O. The Kier molecular flexibility index (Phi) is 6.15. The van der Waals surface area contributed by atoms with Gasteiger partial charge in [0.05, 0.1) is 0 Å². The first kappa shape index (κ1) is 11.0. The number of piperidine rings is 1. The summed E-state index contributed by atoms with van der Waals surface area (Å²) in [5.74, 6) is 0. The second-order valence-corrected chi connectivity index (χ2v) is 3.53. The number of hydrogen-bond donors (Lipinski definition) is 2. The third kappa shape index (κ3) is 5.24. The first-order valence-corrected chi connectivity index (χ1v) is 5.45. The highest BCUT2D eigenvalue weighted by Gasteiger charge is 2.10. The van der Waals surface area contributed by atoms with Crippen LogP contribution in [0.2, 0.25) is 0 Å². The monoisotopic (exact) mass is 186 g/mol. The fraction of sp³-hybridized carbons (Fsp3) is 1.00. The Morgan fingerprint density at radius 3 is 2.85 bits per heavy atom. The van der Waals surface area contributed by atoms with Gasteiger partial charge in [-0.15, -0.1) is 0 Å². The largest absolute Gasteiger partial charge is 0.382 e. The van der Waals surface area contributed by atoms with Crippen molar-refractivity contribution in [1.29, 1.82) is 0 Å². The van der Waals surface area contributed by atoms with E-state index in [1.165, 1.54) is 25.9 Å². The predicted octanol–water partition coefficient (Wildman–Crippen LogP) is 0.755. The Labute approximate surface area is 81.2 Å². The third-order valence-electron chi connectivity index (χ3n) is 2.44. The average molecular weight is 186 g/mol. The number of nitrogens with one attached hydrogen (secondary N) is 2. The van der Waals surface area contributed by atoms with Crippen molar-refractivity contribution < 1.29 is 4.74 Å². The van der Waals surface area contributed by atoms with Gasteiger partial charge < -0.3 is 15.4 Å². The van der Waals surface area contributed by atoms with Crippen LogP contribution >= 0.6 is 0 Å². The van der Waals surface area contributed by atoms with E-state index in [-0.39, 0.29) is 0 Å². The minimum atomic E-state index is 0.739. The van der Waals surface area contributed by atoms with Gasteiger partial charge in [0.15, 0.2) is 0 Å². The molecule has 3 heteroatoms. The van der Waals surface area contributed by atoms with Crippen LogP contribution in [-0.2, 0) is 4.74 Å². The van der Waals surface area contributed by atoms with Gasteiger partial charge in [-0.3, -0.25) is 0 Å². The molecule has 0 saturated carbocycles. The smallest absolute Gasteiger partial charge is 0.0477 e. The van der Waals surface area contributed by atoms with E-state index < -0.39 is 0 Å². The summed E-state index contributed by atoms with van der Waals surface area (Å²) in [5.41, 5.74) is 0. The molecule has 0 aromatic carbocycles. The molecule has 0 aromatic rings. The zero-order chi connectivity index (χ0) is 9.36. The molecule has 0 amide bonds. The molecule has 1 aliphatic heterocycles. The zero-order valence-corrected chi connectivity index (χ0v) is 8.64. The molecule has 0 unspecified atom stereocenters.